The van der Waals surface area contributed by atoms with Gasteiger partial charge in [0.15, 0.2) is 11.6 Å². The SMILES string of the molecule is COc1c(-c2cc(N)n(C)n2)cc(Cl)c(F)c1F. The van der Waals surface area contributed by atoms with Crippen LogP contribution in [-0.4, -0.2) is 16.9 Å². The fraction of sp³-hybridized carbons (Fsp3) is 0.182. The molecule has 0 atom stereocenters. The van der Waals surface area contributed by atoms with Gasteiger partial charge in [0, 0.05) is 18.7 Å². The van der Waals surface area contributed by atoms with Crippen LogP contribution in [0.5, 0.6) is 5.75 Å². The molecule has 0 fully saturated rings. The van der Waals surface area contributed by atoms with Crippen LogP contribution in [0.4, 0.5) is 14.6 Å². The van der Waals surface area contributed by atoms with Gasteiger partial charge in [0.1, 0.15) is 5.82 Å². The van der Waals surface area contributed by atoms with Crippen molar-refractivity contribution in [1.29, 1.82) is 0 Å². The predicted octanol–water partition coefficient (Wildman–Crippen LogP) is 2.61. The van der Waals surface area contributed by atoms with E-state index in [1.54, 1.807) is 7.05 Å². The Balaban J connectivity index is 2.70. The molecule has 0 bridgehead atoms. The summed E-state index contributed by atoms with van der Waals surface area (Å²) >= 11 is 5.61. The van der Waals surface area contributed by atoms with E-state index >= 15 is 0 Å². The van der Waals surface area contributed by atoms with Gasteiger partial charge in [-0.15, -0.1) is 0 Å². The number of aryl methyl sites for hydroxylation is 1. The van der Waals surface area contributed by atoms with Crippen molar-refractivity contribution in [1.82, 2.24) is 9.78 Å². The Morgan fingerprint density at radius 3 is 2.50 bits per heavy atom. The zero-order valence-corrected chi connectivity index (χ0v) is 10.4. The van der Waals surface area contributed by atoms with Crippen molar-refractivity contribution < 1.29 is 13.5 Å². The molecule has 0 amide bonds. The third-order valence-corrected chi connectivity index (χ3v) is 2.79. The summed E-state index contributed by atoms with van der Waals surface area (Å²) < 4.78 is 33.2. The Labute approximate surface area is 107 Å². The minimum atomic E-state index is -1.15. The molecule has 0 aliphatic rings. The molecule has 2 N–H and O–H groups in total. The highest BCUT2D eigenvalue weighted by Crippen LogP contribution is 2.37. The highest BCUT2D eigenvalue weighted by Gasteiger charge is 2.21. The van der Waals surface area contributed by atoms with Crippen molar-refractivity contribution in [2.75, 3.05) is 12.8 Å². The second-order valence-electron chi connectivity index (χ2n) is 3.65. The molecule has 1 aromatic carbocycles. The van der Waals surface area contributed by atoms with E-state index < -0.39 is 11.6 Å². The van der Waals surface area contributed by atoms with Gasteiger partial charge in [-0.3, -0.25) is 4.68 Å². The van der Waals surface area contributed by atoms with Gasteiger partial charge in [-0.2, -0.15) is 9.49 Å². The van der Waals surface area contributed by atoms with Crippen LogP contribution in [0.2, 0.25) is 5.02 Å². The van der Waals surface area contributed by atoms with Crippen molar-refractivity contribution in [3.63, 3.8) is 0 Å². The number of nitrogen functional groups attached to an aromatic ring is 1. The Hall–Kier alpha value is -1.82. The van der Waals surface area contributed by atoms with Crippen LogP contribution >= 0.6 is 11.6 Å². The third kappa shape index (κ3) is 1.88. The van der Waals surface area contributed by atoms with E-state index in [9.17, 15) is 8.78 Å². The Morgan fingerprint density at radius 1 is 1.33 bits per heavy atom. The minimum Gasteiger partial charge on any atom is -0.493 e. The van der Waals surface area contributed by atoms with E-state index in [0.717, 1.165) is 0 Å². The molecule has 96 valence electrons. The van der Waals surface area contributed by atoms with E-state index in [0.29, 0.717) is 11.5 Å². The summed E-state index contributed by atoms with van der Waals surface area (Å²) in [6.45, 7) is 0. The van der Waals surface area contributed by atoms with Gasteiger partial charge in [-0.05, 0) is 6.07 Å². The van der Waals surface area contributed by atoms with Gasteiger partial charge in [-0.25, -0.2) is 4.39 Å². The van der Waals surface area contributed by atoms with E-state index in [1.165, 1.54) is 23.9 Å². The Kier molecular flexibility index (Phi) is 3.13. The van der Waals surface area contributed by atoms with Gasteiger partial charge in [0.2, 0.25) is 5.82 Å². The van der Waals surface area contributed by atoms with Crippen LogP contribution in [0, 0.1) is 11.6 Å². The fourth-order valence-corrected chi connectivity index (χ4v) is 1.77. The summed E-state index contributed by atoms with van der Waals surface area (Å²) in [5.41, 5.74) is 6.23. The number of halogens is 3. The van der Waals surface area contributed by atoms with Crippen molar-refractivity contribution in [2.45, 2.75) is 0 Å². The number of methoxy groups -OCH3 is 1. The van der Waals surface area contributed by atoms with Crippen LogP contribution < -0.4 is 10.5 Å². The molecule has 0 radical (unpaired) electrons. The number of anilines is 1. The van der Waals surface area contributed by atoms with Crippen molar-refractivity contribution in [3.05, 3.63) is 28.8 Å². The molecule has 0 unspecified atom stereocenters. The zero-order chi connectivity index (χ0) is 13.4. The van der Waals surface area contributed by atoms with Crippen LogP contribution in [0.25, 0.3) is 11.3 Å². The van der Waals surface area contributed by atoms with E-state index in [4.69, 9.17) is 22.1 Å². The van der Waals surface area contributed by atoms with Gasteiger partial charge < -0.3 is 10.5 Å². The normalized spacial score (nSPS) is 10.7. The molecule has 2 aromatic rings. The lowest BCUT2D eigenvalue weighted by molar-refractivity contribution is 0.373. The summed E-state index contributed by atoms with van der Waals surface area (Å²) in [5.74, 6) is -2.17. The quantitative estimate of drug-likeness (QED) is 0.856. The molecular weight excluding hydrogens is 264 g/mol. The van der Waals surface area contributed by atoms with Gasteiger partial charge in [0.25, 0.3) is 0 Å². The number of hydrogen-bond acceptors (Lipinski definition) is 3. The topological polar surface area (TPSA) is 53.1 Å². The molecule has 2 rings (SSSR count). The fourth-order valence-electron chi connectivity index (χ4n) is 1.58. The highest BCUT2D eigenvalue weighted by molar-refractivity contribution is 6.31. The molecule has 4 nitrogen and oxygen atoms in total. The van der Waals surface area contributed by atoms with Gasteiger partial charge >= 0.3 is 0 Å². The zero-order valence-electron chi connectivity index (χ0n) is 9.67. The number of rotatable bonds is 2. The maximum atomic E-state index is 13.7. The molecule has 0 spiro atoms. The van der Waals surface area contributed by atoms with Crippen LogP contribution in [0.15, 0.2) is 12.1 Å². The minimum absolute atomic E-state index is 0.244. The standard InChI is InChI=1S/C11H10ClF2N3O/c1-17-8(15)4-7(16-17)5-3-6(12)9(13)10(14)11(5)18-2/h3-4H,15H2,1-2H3. The monoisotopic (exact) mass is 273 g/mol. The molecule has 7 heteroatoms. The summed E-state index contributed by atoms with van der Waals surface area (Å²) in [6.07, 6.45) is 0. The van der Waals surface area contributed by atoms with Crippen LogP contribution in [0.1, 0.15) is 0 Å². The lowest BCUT2D eigenvalue weighted by Crippen LogP contribution is -1.98. The van der Waals surface area contributed by atoms with Crippen molar-refractivity contribution in [2.24, 2.45) is 7.05 Å². The van der Waals surface area contributed by atoms with E-state index in [1.807, 2.05) is 0 Å². The Morgan fingerprint density at radius 2 is 2.00 bits per heavy atom. The summed E-state index contributed by atoms with van der Waals surface area (Å²) in [7, 11) is 2.87. The number of benzene rings is 1. The van der Waals surface area contributed by atoms with Crippen LogP contribution in [-0.2, 0) is 7.05 Å². The molecule has 0 saturated heterocycles. The number of aromatic nitrogens is 2. The Bertz CT molecular complexity index is 593. The van der Waals surface area contributed by atoms with Gasteiger partial charge in [-0.1, -0.05) is 11.6 Å². The molecule has 0 aliphatic carbocycles. The van der Waals surface area contributed by atoms with Crippen molar-refractivity contribution >= 4 is 17.4 Å². The average molecular weight is 274 g/mol. The second kappa shape index (κ2) is 4.45. The van der Waals surface area contributed by atoms with E-state index in [2.05, 4.69) is 5.10 Å². The summed E-state index contributed by atoms with van der Waals surface area (Å²) in [4.78, 5) is 0. The van der Waals surface area contributed by atoms with Crippen molar-refractivity contribution in [3.8, 4) is 17.0 Å². The lowest BCUT2D eigenvalue weighted by atomic mass is 10.1. The number of nitrogens with zero attached hydrogens (tertiary/aromatic N) is 2. The van der Waals surface area contributed by atoms with E-state index in [-0.39, 0.29) is 16.3 Å². The lowest BCUT2D eigenvalue weighted by Gasteiger charge is -2.09. The molecule has 1 heterocycles. The van der Waals surface area contributed by atoms with Gasteiger partial charge in [0.05, 0.1) is 17.8 Å². The summed E-state index contributed by atoms with van der Waals surface area (Å²) in [5, 5.41) is 3.72. The highest BCUT2D eigenvalue weighted by atomic mass is 35.5. The number of ether oxygens (including phenoxy) is 1. The second-order valence-corrected chi connectivity index (χ2v) is 4.05. The molecule has 1 aromatic heterocycles. The first-order chi connectivity index (χ1) is 8.45. The first-order valence-electron chi connectivity index (χ1n) is 4.97. The maximum absolute atomic E-state index is 13.7. The smallest absolute Gasteiger partial charge is 0.202 e. The molecule has 18 heavy (non-hydrogen) atoms. The molecule has 0 saturated carbocycles. The third-order valence-electron chi connectivity index (χ3n) is 2.51. The average Bonchev–Trinajstić information content (AvgIpc) is 2.66. The maximum Gasteiger partial charge on any atom is 0.202 e. The summed E-state index contributed by atoms with van der Waals surface area (Å²) in [6, 6.07) is 2.77. The first-order valence-corrected chi connectivity index (χ1v) is 5.35. The predicted molar refractivity (Wildman–Crippen MR) is 64.5 cm³/mol. The molecular formula is C11H10ClF2N3O. The van der Waals surface area contributed by atoms with Crippen LogP contribution in [0.3, 0.4) is 0 Å². The largest absolute Gasteiger partial charge is 0.493 e. The number of hydrogen-bond donors (Lipinski definition) is 1. The molecule has 0 aliphatic heterocycles. The number of nitrogens with two attached hydrogens (primary N) is 1. The first kappa shape index (κ1) is 12.6.